The molecule has 1 amide bonds. The molecule has 1 heterocycles. The Hall–Kier alpha value is -0.650. The minimum atomic E-state index is -0.180. The van der Waals surface area contributed by atoms with Crippen molar-refractivity contribution in [1.29, 1.82) is 0 Å². The number of rotatable bonds is 3. The van der Waals surface area contributed by atoms with Crippen LogP contribution in [-0.2, 0) is 9.53 Å². The van der Waals surface area contributed by atoms with E-state index in [0.717, 1.165) is 25.7 Å². The first kappa shape index (κ1) is 14.8. The largest absolute Gasteiger partial charge is 0.394 e. The molecule has 4 unspecified atom stereocenters. The van der Waals surface area contributed by atoms with Gasteiger partial charge in [-0.1, -0.05) is 13.3 Å². The molecular weight excluding hydrogens is 244 g/mol. The lowest BCUT2D eigenvalue weighted by Gasteiger charge is -2.39. The fourth-order valence-corrected chi connectivity index (χ4v) is 3.28. The summed E-state index contributed by atoms with van der Waals surface area (Å²) in [6, 6.07) is 0.0632. The number of morpholine rings is 1. The molecule has 1 saturated carbocycles. The van der Waals surface area contributed by atoms with Crippen molar-refractivity contribution in [3.63, 3.8) is 0 Å². The Balaban J connectivity index is 1.97. The van der Waals surface area contributed by atoms with Gasteiger partial charge in [-0.2, -0.15) is 0 Å². The third-order valence-electron chi connectivity index (χ3n) is 4.57. The summed E-state index contributed by atoms with van der Waals surface area (Å²) in [7, 11) is 0. The van der Waals surface area contributed by atoms with E-state index in [1.165, 1.54) is 0 Å². The fraction of sp³-hybridized carbons (Fsp3) is 0.929. The fourth-order valence-electron chi connectivity index (χ4n) is 3.28. The van der Waals surface area contributed by atoms with Crippen molar-refractivity contribution in [3.05, 3.63) is 0 Å². The maximum atomic E-state index is 12.6. The number of amides is 1. The van der Waals surface area contributed by atoms with Crippen molar-refractivity contribution in [2.75, 3.05) is 26.4 Å². The summed E-state index contributed by atoms with van der Waals surface area (Å²) in [5.74, 6) is 0.540. The average Bonchev–Trinajstić information content (AvgIpc) is 2.45. The number of hydrogen-bond acceptors (Lipinski definition) is 4. The SMILES string of the molecule is CC(C(=O)N1CCOCC1CO)C1CCCC(N)C1. The average molecular weight is 270 g/mol. The van der Waals surface area contributed by atoms with Crippen LogP contribution in [0.5, 0.6) is 0 Å². The lowest BCUT2D eigenvalue weighted by atomic mass is 9.78. The smallest absolute Gasteiger partial charge is 0.226 e. The molecule has 1 aliphatic carbocycles. The lowest BCUT2D eigenvalue weighted by molar-refractivity contribution is -0.147. The van der Waals surface area contributed by atoms with Crippen LogP contribution in [0.25, 0.3) is 0 Å². The van der Waals surface area contributed by atoms with Gasteiger partial charge in [-0.25, -0.2) is 0 Å². The molecule has 5 heteroatoms. The first-order valence-electron chi connectivity index (χ1n) is 7.38. The predicted octanol–water partition coefficient (Wildman–Crippen LogP) is 0.360. The summed E-state index contributed by atoms with van der Waals surface area (Å²) >= 11 is 0. The first-order valence-corrected chi connectivity index (χ1v) is 7.38. The van der Waals surface area contributed by atoms with Crippen molar-refractivity contribution >= 4 is 5.91 Å². The molecule has 0 bridgehead atoms. The van der Waals surface area contributed by atoms with Crippen molar-refractivity contribution < 1.29 is 14.6 Å². The molecule has 1 saturated heterocycles. The Labute approximate surface area is 115 Å². The van der Waals surface area contributed by atoms with Crippen LogP contribution < -0.4 is 5.73 Å². The highest BCUT2D eigenvalue weighted by Gasteiger charge is 2.34. The molecule has 3 N–H and O–H groups in total. The number of nitrogens with zero attached hydrogens (tertiary/aromatic N) is 1. The van der Waals surface area contributed by atoms with E-state index in [2.05, 4.69) is 0 Å². The van der Waals surface area contributed by atoms with Gasteiger partial charge in [-0.05, 0) is 25.2 Å². The van der Waals surface area contributed by atoms with Crippen LogP contribution in [-0.4, -0.2) is 54.4 Å². The van der Waals surface area contributed by atoms with E-state index in [4.69, 9.17) is 10.5 Å². The third kappa shape index (κ3) is 3.46. The quantitative estimate of drug-likeness (QED) is 0.776. The highest BCUT2D eigenvalue weighted by Crippen LogP contribution is 2.31. The van der Waals surface area contributed by atoms with Crippen LogP contribution >= 0.6 is 0 Å². The molecule has 0 aromatic rings. The highest BCUT2D eigenvalue weighted by atomic mass is 16.5. The van der Waals surface area contributed by atoms with Gasteiger partial charge in [-0.3, -0.25) is 4.79 Å². The van der Waals surface area contributed by atoms with Crippen LogP contribution in [0.2, 0.25) is 0 Å². The first-order chi connectivity index (χ1) is 9.13. The summed E-state index contributed by atoms with van der Waals surface area (Å²) in [5, 5.41) is 9.35. The van der Waals surface area contributed by atoms with Gasteiger partial charge in [0.2, 0.25) is 5.91 Å². The second kappa shape index (κ2) is 6.68. The van der Waals surface area contributed by atoms with Crippen molar-refractivity contribution in [2.45, 2.75) is 44.7 Å². The Bertz CT molecular complexity index is 311. The van der Waals surface area contributed by atoms with E-state index in [-0.39, 0.29) is 30.5 Å². The summed E-state index contributed by atoms with van der Waals surface area (Å²) in [5.41, 5.74) is 6.01. The maximum Gasteiger partial charge on any atom is 0.226 e. The number of nitrogens with two attached hydrogens (primary N) is 1. The highest BCUT2D eigenvalue weighted by molar-refractivity contribution is 5.79. The van der Waals surface area contributed by atoms with Crippen LogP contribution in [0.15, 0.2) is 0 Å². The molecule has 5 nitrogen and oxygen atoms in total. The number of aliphatic hydroxyl groups is 1. The van der Waals surface area contributed by atoms with Gasteiger partial charge in [0.25, 0.3) is 0 Å². The lowest BCUT2D eigenvalue weighted by Crippen LogP contribution is -2.53. The van der Waals surface area contributed by atoms with E-state index in [0.29, 0.717) is 25.7 Å². The molecule has 19 heavy (non-hydrogen) atoms. The van der Waals surface area contributed by atoms with Gasteiger partial charge in [-0.15, -0.1) is 0 Å². The van der Waals surface area contributed by atoms with Crippen LogP contribution in [0, 0.1) is 11.8 Å². The molecule has 0 aromatic heterocycles. The van der Waals surface area contributed by atoms with Crippen molar-refractivity contribution in [2.24, 2.45) is 17.6 Å². The molecular formula is C14H26N2O3. The van der Waals surface area contributed by atoms with Crippen molar-refractivity contribution in [1.82, 2.24) is 4.90 Å². The Morgan fingerprint density at radius 2 is 2.32 bits per heavy atom. The van der Waals surface area contributed by atoms with Crippen molar-refractivity contribution in [3.8, 4) is 0 Å². The summed E-state index contributed by atoms with van der Waals surface area (Å²) in [6.45, 7) is 3.59. The summed E-state index contributed by atoms with van der Waals surface area (Å²) < 4.78 is 5.32. The van der Waals surface area contributed by atoms with E-state index < -0.39 is 0 Å². The van der Waals surface area contributed by atoms with Crippen LogP contribution in [0.1, 0.15) is 32.6 Å². The van der Waals surface area contributed by atoms with E-state index >= 15 is 0 Å². The third-order valence-corrected chi connectivity index (χ3v) is 4.57. The number of aliphatic hydroxyl groups excluding tert-OH is 1. The number of hydrogen-bond donors (Lipinski definition) is 2. The van der Waals surface area contributed by atoms with Gasteiger partial charge in [0.05, 0.1) is 25.9 Å². The Morgan fingerprint density at radius 3 is 3.00 bits per heavy atom. The molecule has 2 rings (SSSR count). The minimum Gasteiger partial charge on any atom is -0.394 e. The standard InChI is InChI=1S/C14H26N2O3/c1-10(11-3-2-4-12(15)7-11)14(18)16-5-6-19-9-13(16)8-17/h10-13,17H,2-9,15H2,1H3. The van der Waals surface area contributed by atoms with Gasteiger partial charge in [0.1, 0.15) is 0 Å². The number of carbonyl (C=O) groups is 1. The van der Waals surface area contributed by atoms with Gasteiger partial charge in [0, 0.05) is 18.5 Å². The molecule has 0 aromatic carbocycles. The van der Waals surface area contributed by atoms with Gasteiger partial charge in [0.15, 0.2) is 0 Å². The molecule has 2 aliphatic rings. The monoisotopic (exact) mass is 270 g/mol. The van der Waals surface area contributed by atoms with Crippen LogP contribution in [0.4, 0.5) is 0 Å². The van der Waals surface area contributed by atoms with E-state index in [9.17, 15) is 9.90 Å². The molecule has 0 radical (unpaired) electrons. The minimum absolute atomic E-state index is 0.00139. The molecule has 1 aliphatic heterocycles. The second-order valence-electron chi connectivity index (χ2n) is 5.92. The zero-order valence-electron chi connectivity index (χ0n) is 11.8. The normalized spacial score (nSPS) is 34.1. The summed E-state index contributed by atoms with van der Waals surface area (Å²) in [4.78, 5) is 14.4. The zero-order valence-corrected chi connectivity index (χ0v) is 11.8. The predicted molar refractivity (Wildman–Crippen MR) is 72.5 cm³/mol. The summed E-state index contributed by atoms with van der Waals surface area (Å²) in [6.07, 6.45) is 4.24. The van der Waals surface area contributed by atoms with Crippen LogP contribution in [0.3, 0.4) is 0 Å². The zero-order chi connectivity index (χ0) is 13.8. The molecule has 0 spiro atoms. The molecule has 110 valence electrons. The topological polar surface area (TPSA) is 75.8 Å². The van der Waals surface area contributed by atoms with Gasteiger partial charge >= 0.3 is 0 Å². The second-order valence-corrected chi connectivity index (χ2v) is 5.92. The molecule has 4 atom stereocenters. The number of ether oxygens (including phenoxy) is 1. The van der Waals surface area contributed by atoms with E-state index in [1.54, 1.807) is 4.90 Å². The molecule has 2 fully saturated rings. The van der Waals surface area contributed by atoms with Gasteiger partial charge < -0.3 is 20.5 Å². The Morgan fingerprint density at radius 1 is 1.53 bits per heavy atom. The number of carbonyl (C=O) groups excluding carboxylic acids is 1. The van der Waals surface area contributed by atoms with E-state index in [1.807, 2.05) is 6.92 Å². The Kier molecular flexibility index (Phi) is 5.19. The maximum absolute atomic E-state index is 12.6.